The number of methoxy groups -OCH3 is 1. The zero-order chi connectivity index (χ0) is 20.1. The normalized spacial score (nSPS) is 10.6. The zero-order valence-electron chi connectivity index (χ0n) is 16.1. The summed E-state index contributed by atoms with van der Waals surface area (Å²) in [6, 6.07) is 11.5. The molecule has 0 atom stereocenters. The molecular weight excluding hydrogens is 372 g/mol. The number of hydrogen-bond donors (Lipinski definition) is 1. The number of unbranched alkanes of at least 4 members (excludes halogenated alkanes) is 1. The van der Waals surface area contributed by atoms with E-state index in [0.717, 1.165) is 36.3 Å². The van der Waals surface area contributed by atoms with E-state index in [-0.39, 0.29) is 0 Å². The third kappa shape index (κ3) is 3.94. The number of benzene rings is 1. The molecule has 0 saturated carbocycles. The lowest BCUT2D eigenvalue weighted by Gasteiger charge is -2.11. The van der Waals surface area contributed by atoms with Crippen LogP contribution in [0.1, 0.15) is 31.0 Å². The van der Waals surface area contributed by atoms with Gasteiger partial charge in [0.2, 0.25) is 0 Å². The summed E-state index contributed by atoms with van der Waals surface area (Å²) in [5.41, 5.74) is 8.26. The average Bonchev–Trinajstić information content (AvgIpc) is 3.11. The topological polar surface area (TPSA) is 103 Å². The SMILES string of the molecule is CCCCc1cc(N)n(-c2nc(-c3ccc(OC)cc3)nc(SC)c2C#N)n1. The van der Waals surface area contributed by atoms with E-state index in [2.05, 4.69) is 28.1 Å². The minimum atomic E-state index is 0.363. The highest BCUT2D eigenvalue weighted by atomic mass is 32.2. The molecule has 2 N–H and O–H groups in total. The van der Waals surface area contributed by atoms with Gasteiger partial charge in [0.1, 0.15) is 28.2 Å². The largest absolute Gasteiger partial charge is 0.497 e. The number of ether oxygens (including phenoxy) is 1. The Bertz CT molecular complexity index is 1010. The second kappa shape index (κ2) is 8.76. The number of anilines is 1. The van der Waals surface area contributed by atoms with Gasteiger partial charge in [-0.1, -0.05) is 13.3 Å². The lowest BCUT2D eigenvalue weighted by molar-refractivity contribution is 0.415. The molecule has 0 aliphatic rings. The number of rotatable bonds is 7. The zero-order valence-corrected chi connectivity index (χ0v) is 17.0. The lowest BCUT2D eigenvalue weighted by Crippen LogP contribution is -2.10. The van der Waals surface area contributed by atoms with Crippen LogP contribution in [-0.4, -0.2) is 33.1 Å². The number of nitriles is 1. The molecule has 8 heteroatoms. The van der Waals surface area contributed by atoms with Gasteiger partial charge in [-0.15, -0.1) is 11.8 Å². The van der Waals surface area contributed by atoms with E-state index < -0.39 is 0 Å². The molecule has 1 aromatic carbocycles. The van der Waals surface area contributed by atoms with Gasteiger partial charge >= 0.3 is 0 Å². The van der Waals surface area contributed by atoms with Gasteiger partial charge in [-0.25, -0.2) is 9.97 Å². The molecule has 0 radical (unpaired) electrons. The summed E-state index contributed by atoms with van der Waals surface area (Å²) in [6.07, 6.45) is 4.81. The van der Waals surface area contributed by atoms with Crippen LogP contribution >= 0.6 is 11.8 Å². The van der Waals surface area contributed by atoms with E-state index in [4.69, 9.17) is 10.5 Å². The Morgan fingerprint density at radius 1 is 1.25 bits per heavy atom. The summed E-state index contributed by atoms with van der Waals surface area (Å²) in [5, 5.41) is 14.9. The van der Waals surface area contributed by atoms with E-state index >= 15 is 0 Å². The van der Waals surface area contributed by atoms with Crippen molar-refractivity contribution in [2.24, 2.45) is 0 Å². The molecule has 3 rings (SSSR count). The van der Waals surface area contributed by atoms with E-state index in [9.17, 15) is 5.26 Å². The molecule has 7 nitrogen and oxygen atoms in total. The maximum Gasteiger partial charge on any atom is 0.178 e. The van der Waals surface area contributed by atoms with Gasteiger partial charge in [0.05, 0.1) is 12.8 Å². The van der Waals surface area contributed by atoms with Crippen LogP contribution in [0.4, 0.5) is 5.82 Å². The fourth-order valence-electron chi connectivity index (χ4n) is 2.79. The van der Waals surface area contributed by atoms with Crippen molar-refractivity contribution in [2.45, 2.75) is 31.2 Å². The van der Waals surface area contributed by atoms with Crippen molar-refractivity contribution >= 4 is 17.6 Å². The first-order valence-corrected chi connectivity index (χ1v) is 10.2. The van der Waals surface area contributed by atoms with Crippen molar-refractivity contribution in [1.82, 2.24) is 19.7 Å². The predicted molar refractivity (Wildman–Crippen MR) is 111 cm³/mol. The summed E-state index contributed by atoms with van der Waals surface area (Å²) in [6.45, 7) is 2.13. The average molecular weight is 395 g/mol. The number of aryl methyl sites for hydroxylation is 1. The van der Waals surface area contributed by atoms with E-state index in [0.29, 0.717) is 28.0 Å². The second-order valence-electron chi connectivity index (χ2n) is 6.17. The fourth-order valence-corrected chi connectivity index (χ4v) is 3.31. The minimum absolute atomic E-state index is 0.363. The van der Waals surface area contributed by atoms with Crippen LogP contribution in [0.3, 0.4) is 0 Å². The molecule has 0 spiro atoms. The number of nitrogen functional groups attached to an aromatic ring is 1. The van der Waals surface area contributed by atoms with Crippen LogP contribution in [0.25, 0.3) is 17.2 Å². The number of aromatic nitrogens is 4. The Hall–Kier alpha value is -3.05. The molecule has 0 unspecified atom stereocenters. The Morgan fingerprint density at radius 2 is 2.00 bits per heavy atom. The first-order valence-electron chi connectivity index (χ1n) is 8.96. The Labute approximate surface area is 168 Å². The van der Waals surface area contributed by atoms with Gasteiger partial charge in [-0.2, -0.15) is 15.0 Å². The maximum absolute atomic E-state index is 9.72. The van der Waals surface area contributed by atoms with Gasteiger partial charge in [0, 0.05) is 11.6 Å². The molecule has 0 aliphatic heterocycles. The monoisotopic (exact) mass is 394 g/mol. The third-order valence-electron chi connectivity index (χ3n) is 4.28. The Morgan fingerprint density at radius 3 is 2.61 bits per heavy atom. The standard InChI is InChI=1S/C20H22N6OS/c1-4-5-6-14-11-17(22)26(25-14)19-16(12-21)20(28-3)24-18(23-19)13-7-9-15(27-2)10-8-13/h7-11H,4-6,22H2,1-3H3. The molecular formula is C20H22N6OS. The van der Waals surface area contributed by atoms with E-state index in [1.165, 1.54) is 16.4 Å². The highest BCUT2D eigenvalue weighted by Gasteiger charge is 2.19. The molecule has 0 amide bonds. The third-order valence-corrected chi connectivity index (χ3v) is 4.97. The molecule has 2 heterocycles. The number of thioether (sulfide) groups is 1. The van der Waals surface area contributed by atoms with E-state index in [1.807, 2.05) is 36.6 Å². The van der Waals surface area contributed by atoms with Crippen molar-refractivity contribution in [2.75, 3.05) is 19.1 Å². The predicted octanol–water partition coefficient (Wildman–Crippen LogP) is 3.86. The van der Waals surface area contributed by atoms with Crippen LogP contribution in [0.15, 0.2) is 35.4 Å². The summed E-state index contributed by atoms with van der Waals surface area (Å²) < 4.78 is 6.75. The molecule has 0 saturated heterocycles. The summed E-state index contributed by atoms with van der Waals surface area (Å²) >= 11 is 1.39. The molecule has 3 aromatic rings. The maximum atomic E-state index is 9.72. The second-order valence-corrected chi connectivity index (χ2v) is 6.97. The molecule has 2 aromatic heterocycles. The van der Waals surface area contributed by atoms with Crippen molar-refractivity contribution < 1.29 is 4.74 Å². The smallest absolute Gasteiger partial charge is 0.178 e. The minimum Gasteiger partial charge on any atom is -0.497 e. The van der Waals surface area contributed by atoms with Gasteiger partial charge in [-0.3, -0.25) is 0 Å². The van der Waals surface area contributed by atoms with Crippen molar-refractivity contribution in [3.63, 3.8) is 0 Å². The molecule has 0 fully saturated rings. The molecule has 144 valence electrons. The first-order chi connectivity index (χ1) is 13.6. The fraction of sp³-hybridized carbons (Fsp3) is 0.300. The van der Waals surface area contributed by atoms with Crippen LogP contribution in [-0.2, 0) is 6.42 Å². The van der Waals surface area contributed by atoms with Gasteiger partial charge in [-0.05, 0) is 43.4 Å². The van der Waals surface area contributed by atoms with Crippen molar-refractivity contribution in [1.29, 1.82) is 5.26 Å². The number of nitrogens with zero attached hydrogens (tertiary/aromatic N) is 5. The molecule has 0 aliphatic carbocycles. The number of hydrogen-bond acceptors (Lipinski definition) is 7. The van der Waals surface area contributed by atoms with Crippen LogP contribution in [0, 0.1) is 11.3 Å². The summed E-state index contributed by atoms with van der Waals surface area (Å²) in [7, 11) is 1.62. The highest BCUT2D eigenvalue weighted by Crippen LogP contribution is 2.28. The van der Waals surface area contributed by atoms with Crippen molar-refractivity contribution in [3.8, 4) is 29.0 Å². The van der Waals surface area contributed by atoms with Gasteiger partial charge in [0.15, 0.2) is 11.6 Å². The summed E-state index contributed by atoms with van der Waals surface area (Å²) in [4.78, 5) is 9.20. The Kier molecular flexibility index (Phi) is 6.16. The highest BCUT2D eigenvalue weighted by molar-refractivity contribution is 7.98. The quantitative estimate of drug-likeness (QED) is 0.479. The molecule has 0 bridgehead atoms. The van der Waals surface area contributed by atoms with Gasteiger partial charge in [0.25, 0.3) is 0 Å². The van der Waals surface area contributed by atoms with Crippen LogP contribution in [0.2, 0.25) is 0 Å². The lowest BCUT2D eigenvalue weighted by atomic mass is 10.2. The Balaban J connectivity index is 2.14. The van der Waals surface area contributed by atoms with Crippen molar-refractivity contribution in [3.05, 3.63) is 41.6 Å². The summed E-state index contributed by atoms with van der Waals surface area (Å²) in [5.74, 6) is 2.10. The number of nitrogens with two attached hydrogens (primary N) is 1. The van der Waals surface area contributed by atoms with E-state index in [1.54, 1.807) is 7.11 Å². The van der Waals surface area contributed by atoms with Crippen LogP contribution < -0.4 is 10.5 Å². The van der Waals surface area contributed by atoms with Crippen LogP contribution in [0.5, 0.6) is 5.75 Å². The molecule has 28 heavy (non-hydrogen) atoms. The first kappa shape index (κ1) is 19.7. The van der Waals surface area contributed by atoms with Gasteiger partial charge < -0.3 is 10.5 Å².